The number of nitrogens with zero attached hydrogens (tertiary/aromatic N) is 2. The van der Waals surface area contributed by atoms with Gasteiger partial charge in [0, 0.05) is 32.4 Å². The smallest absolute Gasteiger partial charge is 0.128 e. The van der Waals surface area contributed by atoms with E-state index >= 15 is 0 Å². The van der Waals surface area contributed by atoms with Crippen LogP contribution >= 0.6 is 0 Å². The lowest BCUT2D eigenvalue weighted by atomic mass is 10.2. The van der Waals surface area contributed by atoms with Crippen molar-refractivity contribution in [2.24, 2.45) is 7.05 Å². The Morgan fingerprint density at radius 3 is 2.89 bits per heavy atom. The van der Waals surface area contributed by atoms with Gasteiger partial charge in [-0.1, -0.05) is 0 Å². The molecule has 5 heteroatoms. The normalized spacial score (nSPS) is 10.6. The monoisotopic (exact) mass is 248 g/mol. The van der Waals surface area contributed by atoms with Crippen molar-refractivity contribution in [2.45, 2.75) is 13.3 Å². The van der Waals surface area contributed by atoms with Gasteiger partial charge in [-0.3, -0.25) is 0 Å². The molecular weight excluding hydrogens is 231 g/mol. The molecular formula is C13H17FN4. The van der Waals surface area contributed by atoms with Gasteiger partial charge < -0.3 is 15.6 Å². The summed E-state index contributed by atoms with van der Waals surface area (Å²) in [4.78, 5) is 4.23. The number of imidazole rings is 1. The number of nitrogens with two attached hydrogens (primary N) is 1. The van der Waals surface area contributed by atoms with Gasteiger partial charge in [-0.25, -0.2) is 9.37 Å². The molecule has 0 fully saturated rings. The number of benzene rings is 1. The molecule has 2 aromatic rings. The molecule has 3 N–H and O–H groups in total. The minimum atomic E-state index is -0.276. The van der Waals surface area contributed by atoms with Crippen LogP contribution in [-0.2, 0) is 13.5 Å². The zero-order chi connectivity index (χ0) is 13.1. The minimum absolute atomic E-state index is 0.276. The summed E-state index contributed by atoms with van der Waals surface area (Å²) in [6, 6.07) is 3.07. The van der Waals surface area contributed by atoms with Crippen LogP contribution in [0.15, 0.2) is 24.5 Å². The third-order valence-electron chi connectivity index (χ3n) is 2.92. The van der Waals surface area contributed by atoms with Gasteiger partial charge in [0.1, 0.15) is 11.6 Å². The van der Waals surface area contributed by atoms with Gasteiger partial charge in [-0.15, -0.1) is 0 Å². The fourth-order valence-electron chi connectivity index (χ4n) is 1.80. The first-order valence-electron chi connectivity index (χ1n) is 5.83. The van der Waals surface area contributed by atoms with Gasteiger partial charge in [0.15, 0.2) is 0 Å². The zero-order valence-electron chi connectivity index (χ0n) is 10.6. The molecule has 0 saturated carbocycles. The van der Waals surface area contributed by atoms with E-state index in [-0.39, 0.29) is 5.82 Å². The van der Waals surface area contributed by atoms with Crippen LogP contribution in [0, 0.1) is 12.7 Å². The number of halogens is 1. The van der Waals surface area contributed by atoms with E-state index in [1.165, 1.54) is 6.07 Å². The molecule has 0 radical (unpaired) electrons. The molecule has 0 aliphatic rings. The van der Waals surface area contributed by atoms with Crippen molar-refractivity contribution >= 4 is 11.4 Å². The molecule has 1 aromatic heterocycles. The van der Waals surface area contributed by atoms with Crippen LogP contribution in [0.1, 0.15) is 11.4 Å². The van der Waals surface area contributed by atoms with E-state index in [1.54, 1.807) is 19.2 Å². The summed E-state index contributed by atoms with van der Waals surface area (Å²) in [5.74, 6) is 0.724. The van der Waals surface area contributed by atoms with Crippen LogP contribution < -0.4 is 11.1 Å². The molecule has 4 nitrogen and oxygen atoms in total. The predicted molar refractivity (Wildman–Crippen MR) is 71.0 cm³/mol. The molecule has 2 rings (SSSR count). The van der Waals surface area contributed by atoms with Crippen molar-refractivity contribution in [1.29, 1.82) is 0 Å². The highest BCUT2D eigenvalue weighted by atomic mass is 19.1. The quantitative estimate of drug-likeness (QED) is 0.815. The summed E-state index contributed by atoms with van der Waals surface area (Å²) in [5.41, 5.74) is 7.54. The number of nitrogen functional groups attached to an aromatic ring is 1. The molecule has 96 valence electrons. The van der Waals surface area contributed by atoms with E-state index in [0.29, 0.717) is 17.8 Å². The zero-order valence-corrected chi connectivity index (χ0v) is 10.6. The SMILES string of the molecule is Cc1cc(NCCc2nccn2C)c(N)cc1F. The van der Waals surface area contributed by atoms with Gasteiger partial charge in [0.2, 0.25) is 0 Å². The second kappa shape index (κ2) is 5.08. The van der Waals surface area contributed by atoms with E-state index < -0.39 is 0 Å². The van der Waals surface area contributed by atoms with Gasteiger partial charge in [0.05, 0.1) is 11.4 Å². The third kappa shape index (κ3) is 2.61. The molecule has 0 bridgehead atoms. The highest BCUT2D eigenvalue weighted by molar-refractivity contribution is 5.67. The summed E-state index contributed by atoms with van der Waals surface area (Å²) >= 11 is 0. The summed E-state index contributed by atoms with van der Waals surface area (Å²) in [7, 11) is 1.96. The van der Waals surface area contributed by atoms with E-state index in [9.17, 15) is 4.39 Å². The molecule has 0 unspecified atom stereocenters. The number of hydrogen-bond donors (Lipinski definition) is 2. The molecule has 0 saturated heterocycles. The lowest BCUT2D eigenvalue weighted by molar-refractivity contribution is 0.619. The minimum Gasteiger partial charge on any atom is -0.397 e. The van der Waals surface area contributed by atoms with Crippen molar-refractivity contribution in [3.8, 4) is 0 Å². The average Bonchev–Trinajstić information content (AvgIpc) is 2.72. The van der Waals surface area contributed by atoms with Crippen LogP contribution in [0.5, 0.6) is 0 Å². The number of hydrogen-bond acceptors (Lipinski definition) is 3. The Kier molecular flexibility index (Phi) is 3.50. The first-order chi connectivity index (χ1) is 8.58. The number of nitrogens with one attached hydrogen (secondary N) is 1. The standard InChI is InChI=1S/C13H17FN4/c1-9-7-12(11(15)8-10(9)14)16-4-3-13-17-5-6-18(13)2/h5-8,16H,3-4,15H2,1-2H3. The molecule has 1 heterocycles. The van der Waals surface area contributed by atoms with E-state index in [2.05, 4.69) is 10.3 Å². The average molecular weight is 248 g/mol. The number of rotatable bonds is 4. The molecule has 0 amide bonds. The summed E-state index contributed by atoms with van der Waals surface area (Å²) in [6.07, 6.45) is 4.47. The van der Waals surface area contributed by atoms with Crippen LogP contribution in [0.4, 0.5) is 15.8 Å². The Hall–Kier alpha value is -2.04. The van der Waals surface area contributed by atoms with Crippen LogP contribution in [0.25, 0.3) is 0 Å². The molecule has 0 aliphatic carbocycles. The molecule has 0 spiro atoms. The van der Waals surface area contributed by atoms with Gasteiger partial charge in [-0.05, 0) is 24.6 Å². The second-order valence-electron chi connectivity index (χ2n) is 4.32. The first-order valence-corrected chi connectivity index (χ1v) is 5.83. The summed E-state index contributed by atoms with van der Waals surface area (Å²) < 4.78 is 15.2. The lowest BCUT2D eigenvalue weighted by Gasteiger charge is -2.10. The van der Waals surface area contributed by atoms with Crippen molar-refractivity contribution in [3.63, 3.8) is 0 Å². The van der Waals surface area contributed by atoms with Gasteiger partial charge in [0.25, 0.3) is 0 Å². The Bertz CT molecular complexity index is 548. The first kappa shape index (κ1) is 12.4. The second-order valence-corrected chi connectivity index (χ2v) is 4.32. The van der Waals surface area contributed by atoms with Crippen LogP contribution in [0.3, 0.4) is 0 Å². The van der Waals surface area contributed by atoms with Gasteiger partial charge in [-0.2, -0.15) is 0 Å². The topological polar surface area (TPSA) is 55.9 Å². The van der Waals surface area contributed by atoms with E-state index in [1.807, 2.05) is 17.8 Å². The predicted octanol–water partition coefficient (Wildman–Crippen LogP) is 2.10. The van der Waals surface area contributed by atoms with Crippen molar-refractivity contribution < 1.29 is 4.39 Å². The Morgan fingerprint density at radius 2 is 2.22 bits per heavy atom. The number of aryl methyl sites for hydroxylation is 2. The Morgan fingerprint density at radius 1 is 1.44 bits per heavy atom. The number of anilines is 2. The Labute approximate surface area is 106 Å². The molecule has 1 aromatic carbocycles. The lowest BCUT2D eigenvalue weighted by Crippen LogP contribution is -2.10. The fraction of sp³-hybridized carbons (Fsp3) is 0.308. The molecule has 18 heavy (non-hydrogen) atoms. The van der Waals surface area contributed by atoms with E-state index in [0.717, 1.165) is 17.9 Å². The van der Waals surface area contributed by atoms with E-state index in [4.69, 9.17) is 5.73 Å². The van der Waals surface area contributed by atoms with Crippen molar-refractivity contribution in [1.82, 2.24) is 9.55 Å². The molecule has 0 atom stereocenters. The maximum absolute atomic E-state index is 13.2. The van der Waals surface area contributed by atoms with Crippen LogP contribution in [0.2, 0.25) is 0 Å². The largest absolute Gasteiger partial charge is 0.397 e. The molecule has 0 aliphatic heterocycles. The third-order valence-corrected chi connectivity index (χ3v) is 2.92. The maximum atomic E-state index is 13.2. The Balaban J connectivity index is 1.99. The summed E-state index contributed by atoms with van der Waals surface area (Å²) in [6.45, 7) is 2.43. The fourth-order valence-corrected chi connectivity index (χ4v) is 1.80. The van der Waals surface area contributed by atoms with Crippen molar-refractivity contribution in [3.05, 3.63) is 41.7 Å². The van der Waals surface area contributed by atoms with Crippen LogP contribution in [-0.4, -0.2) is 16.1 Å². The summed E-state index contributed by atoms with van der Waals surface area (Å²) in [5, 5.41) is 3.20. The highest BCUT2D eigenvalue weighted by Gasteiger charge is 2.05. The number of aromatic nitrogens is 2. The maximum Gasteiger partial charge on any atom is 0.128 e. The highest BCUT2D eigenvalue weighted by Crippen LogP contribution is 2.22. The van der Waals surface area contributed by atoms with Gasteiger partial charge >= 0.3 is 0 Å². The van der Waals surface area contributed by atoms with Crippen molar-refractivity contribution in [2.75, 3.05) is 17.6 Å².